The van der Waals surface area contributed by atoms with Crippen LogP contribution in [0.3, 0.4) is 0 Å². The Bertz CT molecular complexity index is 1160. The smallest absolute Gasteiger partial charge is 0.326 e. The van der Waals surface area contributed by atoms with Gasteiger partial charge in [0.05, 0.1) is 21.7 Å². The summed E-state index contributed by atoms with van der Waals surface area (Å²) in [5, 5.41) is 11.1. The first-order chi connectivity index (χ1) is 14.0. The van der Waals surface area contributed by atoms with Crippen LogP contribution in [0.15, 0.2) is 59.6 Å². The van der Waals surface area contributed by atoms with Crippen molar-refractivity contribution in [2.45, 2.75) is 13.5 Å². The van der Waals surface area contributed by atoms with Crippen molar-refractivity contribution in [1.29, 1.82) is 0 Å². The minimum absolute atomic E-state index is 0.116. The molecule has 29 heavy (non-hydrogen) atoms. The van der Waals surface area contributed by atoms with Crippen LogP contribution in [-0.4, -0.2) is 28.0 Å². The molecule has 0 radical (unpaired) electrons. The molecule has 0 bridgehead atoms. The van der Waals surface area contributed by atoms with E-state index < -0.39 is 16.8 Å². The Balaban J connectivity index is 2.03. The lowest BCUT2D eigenvalue weighted by Crippen LogP contribution is -2.22. The number of thiazole rings is 1. The number of hydrogen-bond acceptors (Lipinski definition) is 6. The predicted molar refractivity (Wildman–Crippen MR) is 109 cm³/mol. The number of carbonyl (C=O) groups excluding carboxylic acids is 2. The molecular weight excluding hydrogens is 394 g/mol. The number of benzene rings is 2. The summed E-state index contributed by atoms with van der Waals surface area (Å²) in [7, 11) is 0. The van der Waals surface area contributed by atoms with Crippen LogP contribution >= 0.6 is 11.3 Å². The number of carbonyl (C=O) groups is 2. The van der Waals surface area contributed by atoms with Crippen LogP contribution in [-0.2, 0) is 20.9 Å². The molecule has 0 atom stereocenters. The molecule has 1 amide bonds. The normalized spacial score (nSPS) is 11.8. The van der Waals surface area contributed by atoms with Crippen LogP contribution < -0.4 is 4.80 Å². The van der Waals surface area contributed by atoms with E-state index in [0.29, 0.717) is 10.2 Å². The van der Waals surface area contributed by atoms with Gasteiger partial charge in [0, 0.05) is 18.2 Å². The van der Waals surface area contributed by atoms with E-state index in [1.165, 1.54) is 34.1 Å². The summed E-state index contributed by atoms with van der Waals surface area (Å²) < 4.78 is 7.10. The van der Waals surface area contributed by atoms with Crippen LogP contribution in [0.25, 0.3) is 16.3 Å². The maximum Gasteiger partial charge on any atom is 0.326 e. The quantitative estimate of drug-likeness (QED) is 0.268. The Morgan fingerprint density at radius 2 is 2.00 bits per heavy atom. The van der Waals surface area contributed by atoms with E-state index in [0.717, 1.165) is 5.56 Å². The maximum atomic E-state index is 12.3. The largest absolute Gasteiger partial charge is 0.465 e. The maximum absolute atomic E-state index is 12.3. The van der Waals surface area contributed by atoms with Crippen molar-refractivity contribution in [3.05, 3.63) is 75.1 Å². The molecule has 0 aliphatic carbocycles. The summed E-state index contributed by atoms with van der Waals surface area (Å²) in [4.78, 5) is 39.3. The van der Waals surface area contributed by atoms with Gasteiger partial charge in [-0.25, -0.2) is 0 Å². The molecule has 1 aromatic heterocycles. The Morgan fingerprint density at radius 3 is 2.69 bits per heavy atom. The molecule has 0 fully saturated rings. The zero-order valence-electron chi connectivity index (χ0n) is 15.5. The van der Waals surface area contributed by atoms with E-state index in [4.69, 9.17) is 4.74 Å². The number of non-ortho nitro benzene ring substituents is 1. The minimum atomic E-state index is -0.521. The Morgan fingerprint density at radius 1 is 1.24 bits per heavy atom. The third kappa shape index (κ3) is 5.02. The number of nitrogens with zero attached hydrogens (tertiary/aromatic N) is 3. The SMILES string of the molecule is CCOC(=O)Cn1c(=NC(=O)C=Cc2ccccc2)sc2ccc([N+](=O)[O-])cc21. The number of fused-ring (bicyclic) bond motifs is 1. The number of hydrogen-bond donors (Lipinski definition) is 0. The highest BCUT2D eigenvalue weighted by Gasteiger charge is 2.15. The average Bonchev–Trinajstić information content (AvgIpc) is 3.03. The number of nitro benzene ring substituents is 1. The highest BCUT2D eigenvalue weighted by molar-refractivity contribution is 7.16. The lowest BCUT2D eigenvalue weighted by Gasteiger charge is -2.04. The fraction of sp³-hybridized carbons (Fsp3) is 0.150. The molecule has 0 unspecified atom stereocenters. The molecular formula is C20H17N3O5S. The van der Waals surface area contributed by atoms with Gasteiger partial charge in [0.2, 0.25) is 0 Å². The van der Waals surface area contributed by atoms with Crippen molar-refractivity contribution < 1.29 is 19.2 Å². The lowest BCUT2D eigenvalue weighted by atomic mass is 10.2. The molecule has 2 aromatic carbocycles. The van der Waals surface area contributed by atoms with Crippen LogP contribution in [0.4, 0.5) is 5.69 Å². The molecule has 9 heteroatoms. The van der Waals surface area contributed by atoms with Crippen molar-refractivity contribution in [1.82, 2.24) is 4.57 Å². The zero-order chi connectivity index (χ0) is 20.8. The molecule has 1 heterocycles. The van der Waals surface area contributed by atoms with Gasteiger partial charge in [0.15, 0.2) is 4.80 Å². The van der Waals surface area contributed by atoms with E-state index >= 15 is 0 Å². The average molecular weight is 411 g/mol. The Kier molecular flexibility index (Phi) is 6.30. The summed E-state index contributed by atoms with van der Waals surface area (Å²) in [6, 6.07) is 13.6. The number of nitro groups is 1. The predicted octanol–water partition coefficient (Wildman–Crippen LogP) is 3.31. The first-order valence-electron chi connectivity index (χ1n) is 8.73. The second-order valence-electron chi connectivity index (χ2n) is 5.88. The van der Waals surface area contributed by atoms with Gasteiger partial charge in [-0.05, 0) is 24.6 Å². The summed E-state index contributed by atoms with van der Waals surface area (Å²) in [5.74, 6) is -1.03. The molecule has 0 spiro atoms. The summed E-state index contributed by atoms with van der Waals surface area (Å²) in [5.41, 5.74) is 1.17. The number of esters is 1. The third-order valence-corrected chi connectivity index (χ3v) is 4.95. The van der Waals surface area contributed by atoms with Gasteiger partial charge in [0.1, 0.15) is 6.54 Å². The van der Waals surface area contributed by atoms with Gasteiger partial charge in [0.25, 0.3) is 11.6 Å². The zero-order valence-corrected chi connectivity index (χ0v) is 16.3. The van der Waals surface area contributed by atoms with Crippen molar-refractivity contribution in [2.75, 3.05) is 6.61 Å². The van der Waals surface area contributed by atoms with Crippen LogP contribution in [0.5, 0.6) is 0 Å². The number of amides is 1. The summed E-state index contributed by atoms with van der Waals surface area (Å²) in [6.07, 6.45) is 2.97. The van der Waals surface area contributed by atoms with E-state index in [9.17, 15) is 19.7 Å². The van der Waals surface area contributed by atoms with Crippen LogP contribution in [0.1, 0.15) is 12.5 Å². The number of ether oxygens (including phenoxy) is 1. The van der Waals surface area contributed by atoms with Crippen LogP contribution in [0.2, 0.25) is 0 Å². The molecule has 148 valence electrons. The molecule has 0 aliphatic heterocycles. The van der Waals surface area contributed by atoms with Gasteiger partial charge in [-0.1, -0.05) is 41.7 Å². The third-order valence-electron chi connectivity index (χ3n) is 3.89. The monoisotopic (exact) mass is 411 g/mol. The highest BCUT2D eigenvalue weighted by atomic mass is 32.1. The first-order valence-corrected chi connectivity index (χ1v) is 9.55. The fourth-order valence-corrected chi connectivity index (χ4v) is 3.62. The van der Waals surface area contributed by atoms with Crippen LogP contribution in [0, 0.1) is 10.1 Å². The van der Waals surface area contributed by atoms with Gasteiger partial charge < -0.3 is 9.30 Å². The number of aromatic nitrogens is 1. The lowest BCUT2D eigenvalue weighted by molar-refractivity contribution is -0.384. The minimum Gasteiger partial charge on any atom is -0.465 e. The first kappa shape index (κ1) is 20.2. The number of rotatable bonds is 6. The van der Waals surface area contributed by atoms with E-state index in [2.05, 4.69) is 4.99 Å². The summed E-state index contributed by atoms with van der Waals surface area (Å²) >= 11 is 1.17. The molecule has 0 saturated carbocycles. The molecule has 0 aliphatic rings. The Labute approximate surface area is 169 Å². The van der Waals surface area contributed by atoms with E-state index in [-0.39, 0.29) is 23.6 Å². The Hall–Kier alpha value is -3.59. The van der Waals surface area contributed by atoms with Crippen molar-refractivity contribution in [3.63, 3.8) is 0 Å². The van der Waals surface area contributed by atoms with Crippen molar-refractivity contribution in [2.24, 2.45) is 4.99 Å². The van der Waals surface area contributed by atoms with Gasteiger partial charge in [-0.3, -0.25) is 19.7 Å². The summed E-state index contributed by atoms with van der Waals surface area (Å²) in [6.45, 7) is 1.68. The van der Waals surface area contributed by atoms with Crippen molar-refractivity contribution >= 4 is 45.2 Å². The molecule has 3 rings (SSSR count). The molecule has 0 saturated heterocycles. The second-order valence-corrected chi connectivity index (χ2v) is 6.89. The molecule has 8 nitrogen and oxygen atoms in total. The molecule has 3 aromatic rings. The van der Waals surface area contributed by atoms with Gasteiger partial charge in [-0.2, -0.15) is 4.99 Å². The second kappa shape index (κ2) is 9.07. The standard InChI is InChI=1S/C20H17N3O5S/c1-2-28-19(25)13-22-16-12-15(23(26)27)9-10-17(16)29-20(22)21-18(24)11-8-14-6-4-3-5-7-14/h3-12H,2,13H2,1H3. The molecule has 0 N–H and O–H groups in total. The van der Waals surface area contributed by atoms with Gasteiger partial charge in [-0.15, -0.1) is 0 Å². The van der Waals surface area contributed by atoms with Crippen molar-refractivity contribution in [3.8, 4) is 0 Å². The fourth-order valence-electron chi connectivity index (χ4n) is 2.61. The topological polar surface area (TPSA) is 104 Å². The van der Waals surface area contributed by atoms with Gasteiger partial charge >= 0.3 is 5.97 Å². The highest BCUT2D eigenvalue weighted by Crippen LogP contribution is 2.23. The van der Waals surface area contributed by atoms with E-state index in [1.807, 2.05) is 30.3 Å². The van der Waals surface area contributed by atoms with E-state index in [1.54, 1.807) is 19.1 Å².